The number of carbonyl (C=O) groups is 1. The molecule has 18 heavy (non-hydrogen) atoms. The molecule has 0 spiro atoms. The van der Waals surface area contributed by atoms with Crippen molar-refractivity contribution in [2.45, 2.75) is 12.0 Å². The van der Waals surface area contributed by atoms with Gasteiger partial charge in [-0.25, -0.2) is 4.39 Å². The third kappa shape index (κ3) is 1.48. The van der Waals surface area contributed by atoms with E-state index < -0.39 is 17.8 Å². The molecule has 0 saturated heterocycles. The summed E-state index contributed by atoms with van der Waals surface area (Å²) in [4.78, 5) is 12.2. The lowest BCUT2D eigenvalue weighted by Crippen LogP contribution is -2.13. The molecule has 0 radical (unpaired) electrons. The first kappa shape index (κ1) is 11.1. The van der Waals surface area contributed by atoms with Gasteiger partial charge in [-0.05, 0) is 11.6 Å². The summed E-state index contributed by atoms with van der Waals surface area (Å²) in [6, 6.07) is 13.0. The lowest BCUT2D eigenvalue weighted by atomic mass is 9.93. The smallest absolute Gasteiger partial charge is 0.173 e. The molecule has 1 N–H and O–H groups in total. The fourth-order valence-electron chi connectivity index (χ4n) is 2.51. The van der Waals surface area contributed by atoms with Gasteiger partial charge in [0.2, 0.25) is 0 Å². The number of hydrogen-bond donors (Lipinski definition) is 1. The maximum absolute atomic E-state index is 13.7. The lowest BCUT2D eigenvalue weighted by molar-refractivity contribution is 0.0868. The molecule has 2 atom stereocenters. The summed E-state index contributed by atoms with van der Waals surface area (Å²) in [6.07, 6.45) is -0.967. The van der Waals surface area contributed by atoms with Crippen LogP contribution in [0.2, 0.25) is 0 Å². The summed E-state index contributed by atoms with van der Waals surface area (Å²) < 4.78 is 13.7. The number of aliphatic hydroxyl groups is 1. The number of carbonyl (C=O) groups excluding carboxylic acids is 1. The first-order valence-electron chi connectivity index (χ1n) is 5.76. The summed E-state index contributed by atoms with van der Waals surface area (Å²) in [5.74, 6) is -1.51. The van der Waals surface area contributed by atoms with E-state index in [2.05, 4.69) is 0 Å². The largest absolute Gasteiger partial charge is 0.387 e. The normalized spacial score (nSPS) is 22.0. The van der Waals surface area contributed by atoms with E-state index >= 15 is 0 Å². The van der Waals surface area contributed by atoms with Gasteiger partial charge in [-0.15, -0.1) is 0 Å². The molecule has 0 aliphatic heterocycles. The summed E-state index contributed by atoms with van der Waals surface area (Å²) in [5.41, 5.74) is 1.32. The summed E-state index contributed by atoms with van der Waals surface area (Å²) in [6.45, 7) is 0. The molecule has 90 valence electrons. The zero-order chi connectivity index (χ0) is 12.7. The molecule has 2 aromatic carbocycles. The van der Waals surface area contributed by atoms with Crippen LogP contribution in [-0.4, -0.2) is 10.9 Å². The van der Waals surface area contributed by atoms with Crippen molar-refractivity contribution >= 4 is 5.78 Å². The Morgan fingerprint density at radius 1 is 0.944 bits per heavy atom. The van der Waals surface area contributed by atoms with E-state index in [1.807, 2.05) is 0 Å². The highest BCUT2D eigenvalue weighted by Crippen LogP contribution is 2.42. The number of halogens is 1. The topological polar surface area (TPSA) is 37.3 Å². The number of aliphatic hydroxyl groups excluding tert-OH is 1. The Kier molecular flexibility index (Phi) is 2.49. The average molecular weight is 242 g/mol. The maximum Gasteiger partial charge on any atom is 0.173 e. The van der Waals surface area contributed by atoms with Gasteiger partial charge >= 0.3 is 0 Å². The first-order valence-corrected chi connectivity index (χ1v) is 5.76. The van der Waals surface area contributed by atoms with E-state index in [1.165, 1.54) is 6.07 Å². The third-order valence-electron chi connectivity index (χ3n) is 3.38. The van der Waals surface area contributed by atoms with Gasteiger partial charge in [0.25, 0.3) is 0 Å². The zero-order valence-electron chi connectivity index (χ0n) is 9.51. The minimum Gasteiger partial charge on any atom is -0.387 e. The molecule has 1 aliphatic carbocycles. The second-order valence-corrected chi connectivity index (χ2v) is 4.40. The van der Waals surface area contributed by atoms with Gasteiger partial charge in [0.05, 0.1) is 12.0 Å². The fourth-order valence-corrected chi connectivity index (χ4v) is 2.51. The first-order chi connectivity index (χ1) is 8.70. The Morgan fingerprint density at radius 2 is 1.56 bits per heavy atom. The predicted octanol–water partition coefficient (Wildman–Crippen LogP) is 2.84. The van der Waals surface area contributed by atoms with Crippen molar-refractivity contribution < 1.29 is 14.3 Å². The van der Waals surface area contributed by atoms with E-state index in [4.69, 9.17) is 0 Å². The standard InChI is InChI=1S/C15H11FO2/c16-12-8-4-3-7-11(12)13-14(17)9-5-1-2-6-10(9)15(13)18/h1-8,13-14,17H/t13-,14+/m1/s1. The highest BCUT2D eigenvalue weighted by atomic mass is 19.1. The Labute approximate surface area is 104 Å². The number of rotatable bonds is 1. The summed E-state index contributed by atoms with van der Waals surface area (Å²) in [7, 11) is 0. The van der Waals surface area contributed by atoms with Crippen molar-refractivity contribution in [3.8, 4) is 0 Å². The molecule has 0 bridgehead atoms. The molecule has 0 aromatic heterocycles. The van der Waals surface area contributed by atoms with Gasteiger partial charge in [0, 0.05) is 11.1 Å². The van der Waals surface area contributed by atoms with Crippen LogP contribution < -0.4 is 0 Å². The van der Waals surface area contributed by atoms with Gasteiger partial charge in [-0.3, -0.25) is 4.79 Å². The van der Waals surface area contributed by atoms with Crippen LogP contribution >= 0.6 is 0 Å². The Morgan fingerprint density at radius 3 is 2.22 bits per heavy atom. The number of benzene rings is 2. The van der Waals surface area contributed by atoms with Crippen molar-refractivity contribution in [2.24, 2.45) is 0 Å². The summed E-state index contributed by atoms with van der Waals surface area (Å²) in [5, 5.41) is 10.2. The number of Topliss-reactive ketones (excluding diaryl/α,β-unsaturated/α-hetero) is 1. The molecule has 1 aliphatic rings. The highest BCUT2D eigenvalue weighted by Gasteiger charge is 2.40. The average Bonchev–Trinajstić information content (AvgIpc) is 2.64. The van der Waals surface area contributed by atoms with E-state index in [0.29, 0.717) is 11.1 Å². The molecule has 0 fully saturated rings. The van der Waals surface area contributed by atoms with Crippen LogP contribution in [0.5, 0.6) is 0 Å². The molecule has 0 unspecified atom stereocenters. The van der Waals surface area contributed by atoms with Gasteiger partial charge in [-0.2, -0.15) is 0 Å². The van der Waals surface area contributed by atoms with Gasteiger partial charge in [0.1, 0.15) is 5.82 Å². The minimum atomic E-state index is -0.967. The number of hydrogen-bond acceptors (Lipinski definition) is 2. The SMILES string of the molecule is O=C1c2ccccc2[C@H](O)[C@H]1c1ccccc1F. The molecule has 2 nitrogen and oxygen atoms in total. The van der Waals surface area contributed by atoms with Crippen LogP contribution in [0.15, 0.2) is 48.5 Å². The van der Waals surface area contributed by atoms with Crippen LogP contribution in [0.1, 0.15) is 33.5 Å². The van der Waals surface area contributed by atoms with Gasteiger partial charge < -0.3 is 5.11 Å². The Balaban J connectivity index is 2.13. The predicted molar refractivity (Wildman–Crippen MR) is 64.9 cm³/mol. The summed E-state index contributed by atoms with van der Waals surface area (Å²) >= 11 is 0. The van der Waals surface area contributed by atoms with E-state index in [-0.39, 0.29) is 11.3 Å². The fraction of sp³-hybridized carbons (Fsp3) is 0.133. The second-order valence-electron chi connectivity index (χ2n) is 4.40. The molecule has 0 saturated carbocycles. The third-order valence-corrected chi connectivity index (χ3v) is 3.38. The van der Waals surface area contributed by atoms with Crippen LogP contribution in [0.4, 0.5) is 4.39 Å². The number of ketones is 1. The molecule has 2 aromatic rings. The van der Waals surface area contributed by atoms with Crippen molar-refractivity contribution in [3.63, 3.8) is 0 Å². The van der Waals surface area contributed by atoms with Crippen LogP contribution in [-0.2, 0) is 0 Å². The zero-order valence-corrected chi connectivity index (χ0v) is 9.51. The maximum atomic E-state index is 13.7. The Bertz CT molecular complexity index is 621. The molecular formula is C15H11FO2. The number of fused-ring (bicyclic) bond motifs is 1. The van der Waals surface area contributed by atoms with Crippen molar-refractivity contribution in [2.75, 3.05) is 0 Å². The van der Waals surface area contributed by atoms with E-state index in [1.54, 1.807) is 42.5 Å². The highest BCUT2D eigenvalue weighted by molar-refractivity contribution is 6.06. The monoisotopic (exact) mass is 242 g/mol. The molecule has 3 rings (SSSR count). The second kappa shape index (κ2) is 4.03. The van der Waals surface area contributed by atoms with Gasteiger partial charge in [0.15, 0.2) is 5.78 Å². The molecule has 0 amide bonds. The van der Waals surface area contributed by atoms with Crippen LogP contribution in [0.25, 0.3) is 0 Å². The van der Waals surface area contributed by atoms with Crippen molar-refractivity contribution in [3.05, 3.63) is 71.0 Å². The van der Waals surface area contributed by atoms with Crippen LogP contribution in [0, 0.1) is 5.82 Å². The van der Waals surface area contributed by atoms with E-state index in [9.17, 15) is 14.3 Å². The minimum absolute atomic E-state index is 0.219. The quantitative estimate of drug-likeness (QED) is 0.834. The van der Waals surface area contributed by atoms with Crippen molar-refractivity contribution in [1.29, 1.82) is 0 Å². The van der Waals surface area contributed by atoms with E-state index in [0.717, 1.165) is 0 Å². The van der Waals surface area contributed by atoms with Crippen LogP contribution in [0.3, 0.4) is 0 Å². The molecule has 0 heterocycles. The molecule has 3 heteroatoms. The Hall–Kier alpha value is -2.00. The van der Waals surface area contributed by atoms with Crippen molar-refractivity contribution in [1.82, 2.24) is 0 Å². The molecular weight excluding hydrogens is 231 g/mol. The van der Waals surface area contributed by atoms with Gasteiger partial charge in [-0.1, -0.05) is 42.5 Å². The lowest BCUT2D eigenvalue weighted by Gasteiger charge is -2.14.